The minimum absolute atomic E-state index is 0.00377. The van der Waals surface area contributed by atoms with E-state index in [4.69, 9.17) is 4.74 Å². The number of ether oxygens (including phenoxy) is 1. The number of benzene rings is 1. The number of carbonyl (C=O) groups excluding carboxylic acids is 1. The molecule has 0 aromatic heterocycles. The predicted octanol–water partition coefficient (Wildman–Crippen LogP) is 0.702. The van der Waals surface area contributed by atoms with E-state index in [1.54, 1.807) is 0 Å². The van der Waals surface area contributed by atoms with E-state index < -0.39 is 0 Å². The molecule has 1 atom stereocenters. The Labute approximate surface area is 76.7 Å². The second kappa shape index (κ2) is 3.58. The largest absolute Gasteiger partial charge is 0.362 e. The van der Waals surface area contributed by atoms with Crippen LogP contribution in [0.4, 0.5) is 0 Å². The van der Waals surface area contributed by atoms with Crippen LogP contribution in [0.1, 0.15) is 5.56 Å². The van der Waals surface area contributed by atoms with E-state index in [2.05, 4.69) is 5.32 Å². The highest BCUT2D eigenvalue weighted by Gasteiger charge is 2.27. The first-order valence-corrected chi connectivity index (χ1v) is 4.29. The lowest BCUT2D eigenvalue weighted by atomic mass is 10.2. The second-order valence-electron chi connectivity index (χ2n) is 3.03. The van der Waals surface area contributed by atoms with Crippen LogP contribution >= 0.6 is 0 Å². The van der Waals surface area contributed by atoms with Crippen LogP contribution in [0, 0.1) is 0 Å². The number of hydrogen-bond acceptors (Lipinski definition) is 2. The molecule has 1 amide bonds. The van der Waals surface area contributed by atoms with Gasteiger partial charge in [-0.2, -0.15) is 0 Å². The van der Waals surface area contributed by atoms with Crippen LogP contribution in [-0.4, -0.2) is 18.6 Å². The van der Waals surface area contributed by atoms with Crippen molar-refractivity contribution in [3.05, 3.63) is 35.9 Å². The van der Waals surface area contributed by atoms with Crippen molar-refractivity contribution in [3.63, 3.8) is 0 Å². The van der Waals surface area contributed by atoms with Gasteiger partial charge < -0.3 is 10.1 Å². The molecule has 1 heterocycles. The van der Waals surface area contributed by atoms with E-state index in [1.807, 2.05) is 30.3 Å². The lowest BCUT2D eigenvalue weighted by molar-refractivity contribution is -0.142. The maximum absolute atomic E-state index is 10.8. The highest BCUT2D eigenvalue weighted by molar-refractivity contribution is 5.86. The lowest BCUT2D eigenvalue weighted by Crippen LogP contribution is -2.54. The van der Waals surface area contributed by atoms with Crippen LogP contribution in [-0.2, 0) is 16.1 Å². The summed E-state index contributed by atoms with van der Waals surface area (Å²) in [6.45, 7) is 1.16. The molecule has 0 bridgehead atoms. The first kappa shape index (κ1) is 8.26. The second-order valence-corrected chi connectivity index (χ2v) is 3.03. The molecule has 0 spiro atoms. The van der Waals surface area contributed by atoms with E-state index >= 15 is 0 Å². The van der Waals surface area contributed by atoms with Gasteiger partial charge in [-0.15, -0.1) is 0 Å². The van der Waals surface area contributed by atoms with Gasteiger partial charge in [-0.25, -0.2) is 0 Å². The first-order chi connectivity index (χ1) is 6.36. The molecule has 1 aliphatic heterocycles. The number of β-lactam (4-membered cyclic amide) rings is 1. The van der Waals surface area contributed by atoms with Gasteiger partial charge in [0.25, 0.3) is 5.91 Å². The summed E-state index contributed by atoms with van der Waals surface area (Å²) in [5.74, 6) is -0.00377. The predicted molar refractivity (Wildman–Crippen MR) is 48.0 cm³/mol. The Morgan fingerprint density at radius 1 is 1.38 bits per heavy atom. The molecule has 3 heteroatoms. The van der Waals surface area contributed by atoms with Crippen molar-refractivity contribution in [2.45, 2.75) is 12.7 Å². The van der Waals surface area contributed by atoms with Gasteiger partial charge in [0.1, 0.15) is 0 Å². The lowest BCUT2D eigenvalue weighted by Gasteiger charge is -2.25. The van der Waals surface area contributed by atoms with Crippen molar-refractivity contribution in [3.8, 4) is 0 Å². The Bertz CT molecular complexity index is 297. The fraction of sp³-hybridized carbons (Fsp3) is 0.300. The Morgan fingerprint density at radius 2 is 2.15 bits per heavy atom. The van der Waals surface area contributed by atoms with Crippen LogP contribution in [0.15, 0.2) is 30.3 Å². The number of hydrogen-bond donors (Lipinski definition) is 1. The van der Waals surface area contributed by atoms with E-state index in [-0.39, 0.29) is 12.0 Å². The van der Waals surface area contributed by atoms with Gasteiger partial charge in [0, 0.05) is 0 Å². The zero-order chi connectivity index (χ0) is 9.10. The molecule has 1 saturated heterocycles. The molecule has 0 saturated carbocycles. The SMILES string of the molecule is O=C1NC[C@H]1OCc1ccccc1. The van der Waals surface area contributed by atoms with Gasteiger partial charge in [-0.3, -0.25) is 4.79 Å². The Kier molecular flexibility index (Phi) is 2.27. The third-order valence-corrected chi connectivity index (χ3v) is 2.05. The highest BCUT2D eigenvalue weighted by Crippen LogP contribution is 2.06. The molecule has 1 aromatic rings. The molecule has 1 N–H and O–H groups in total. The zero-order valence-electron chi connectivity index (χ0n) is 7.19. The fourth-order valence-electron chi connectivity index (χ4n) is 1.17. The molecule has 2 rings (SSSR count). The normalized spacial score (nSPS) is 20.6. The molecule has 0 radical (unpaired) electrons. The fourth-order valence-corrected chi connectivity index (χ4v) is 1.17. The Morgan fingerprint density at radius 3 is 2.69 bits per heavy atom. The molecular formula is C10H11NO2. The Balaban J connectivity index is 1.83. The number of carbonyl (C=O) groups is 1. The molecule has 0 aliphatic carbocycles. The summed E-state index contributed by atoms with van der Waals surface area (Å²) in [5, 5.41) is 2.63. The number of rotatable bonds is 3. The summed E-state index contributed by atoms with van der Waals surface area (Å²) in [4.78, 5) is 10.8. The number of nitrogens with one attached hydrogen (secondary N) is 1. The summed E-state index contributed by atoms with van der Waals surface area (Å²) < 4.78 is 5.36. The average molecular weight is 177 g/mol. The van der Waals surface area contributed by atoms with Crippen molar-refractivity contribution in [2.75, 3.05) is 6.54 Å². The summed E-state index contributed by atoms with van der Waals surface area (Å²) in [5.41, 5.74) is 1.10. The van der Waals surface area contributed by atoms with Crippen LogP contribution < -0.4 is 5.32 Å². The van der Waals surface area contributed by atoms with E-state index in [1.165, 1.54) is 0 Å². The van der Waals surface area contributed by atoms with Crippen LogP contribution in [0.2, 0.25) is 0 Å². The summed E-state index contributed by atoms with van der Waals surface area (Å²) in [6, 6.07) is 9.84. The van der Waals surface area contributed by atoms with Crippen LogP contribution in [0.5, 0.6) is 0 Å². The first-order valence-electron chi connectivity index (χ1n) is 4.29. The minimum atomic E-state index is -0.236. The average Bonchev–Trinajstić information content (AvgIpc) is 2.17. The maximum atomic E-state index is 10.8. The zero-order valence-corrected chi connectivity index (χ0v) is 7.19. The van der Waals surface area contributed by atoms with Gasteiger partial charge in [0.15, 0.2) is 6.10 Å². The molecule has 1 aromatic carbocycles. The van der Waals surface area contributed by atoms with E-state index in [9.17, 15) is 4.79 Å². The van der Waals surface area contributed by atoms with E-state index in [0.29, 0.717) is 13.2 Å². The van der Waals surface area contributed by atoms with Crippen molar-refractivity contribution in [1.29, 1.82) is 0 Å². The molecule has 13 heavy (non-hydrogen) atoms. The summed E-state index contributed by atoms with van der Waals surface area (Å²) in [6.07, 6.45) is -0.236. The van der Waals surface area contributed by atoms with Crippen molar-refractivity contribution < 1.29 is 9.53 Å². The summed E-state index contributed by atoms with van der Waals surface area (Å²) >= 11 is 0. The molecular weight excluding hydrogens is 166 g/mol. The van der Waals surface area contributed by atoms with Gasteiger partial charge in [-0.05, 0) is 5.56 Å². The monoisotopic (exact) mass is 177 g/mol. The number of amides is 1. The third kappa shape index (κ3) is 1.87. The molecule has 1 fully saturated rings. The van der Waals surface area contributed by atoms with Gasteiger partial charge >= 0.3 is 0 Å². The molecule has 0 unspecified atom stereocenters. The van der Waals surface area contributed by atoms with Crippen molar-refractivity contribution >= 4 is 5.91 Å². The van der Waals surface area contributed by atoms with Crippen molar-refractivity contribution in [1.82, 2.24) is 5.32 Å². The molecule has 68 valence electrons. The molecule has 3 nitrogen and oxygen atoms in total. The van der Waals surface area contributed by atoms with Gasteiger partial charge in [-0.1, -0.05) is 30.3 Å². The molecule has 1 aliphatic rings. The van der Waals surface area contributed by atoms with E-state index in [0.717, 1.165) is 5.56 Å². The Hall–Kier alpha value is -1.35. The smallest absolute Gasteiger partial charge is 0.251 e. The minimum Gasteiger partial charge on any atom is -0.362 e. The quantitative estimate of drug-likeness (QED) is 0.690. The van der Waals surface area contributed by atoms with Crippen LogP contribution in [0.25, 0.3) is 0 Å². The van der Waals surface area contributed by atoms with Crippen molar-refractivity contribution in [2.24, 2.45) is 0 Å². The van der Waals surface area contributed by atoms with Gasteiger partial charge in [0.2, 0.25) is 0 Å². The maximum Gasteiger partial charge on any atom is 0.251 e. The van der Waals surface area contributed by atoms with Crippen LogP contribution in [0.3, 0.4) is 0 Å². The third-order valence-electron chi connectivity index (χ3n) is 2.05. The highest BCUT2D eigenvalue weighted by atomic mass is 16.5. The topological polar surface area (TPSA) is 38.3 Å². The summed E-state index contributed by atoms with van der Waals surface area (Å²) in [7, 11) is 0. The standard InChI is InChI=1S/C10H11NO2/c12-10-9(6-11-10)13-7-8-4-2-1-3-5-8/h1-5,9H,6-7H2,(H,11,12)/t9-/m1/s1. The van der Waals surface area contributed by atoms with Gasteiger partial charge in [0.05, 0.1) is 13.2 Å².